The Balaban J connectivity index is 1.56. The lowest BCUT2D eigenvalue weighted by Crippen LogP contribution is -2.43. The molecule has 2 aromatic heterocycles. The predicted octanol–water partition coefficient (Wildman–Crippen LogP) is 1.82. The maximum atomic E-state index is 13.1. The number of nitrogens with one attached hydrogen (secondary N) is 1. The molecule has 28 heavy (non-hydrogen) atoms. The Morgan fingerprint density at radius 2 is 2.00 bits per heavy atom. The number of aromatic nitrogens is 3. The molecule has 144 valence electrons. The van der Waals surface area contributed by atoms with Gasteiger partial charge < -0.3 is 15.1 Å². The number of anilines is 1. The van der Waals surface area contributed by atoms with Crippen molar-refractivity contribution in [2.24, 2.45) is 5.92 Å². The average molecular weight is 376 g/mol. The van der Waals surface area contributed by atoms with Crippen LogP contribution < -0.4 is 10.2 Å². The van der Waals surface area contributed by atoms with E-state index in [1.807, 2.05) is 36.4 Å². The first kappa shape index (κ1) is 18.3. The van der Waals surface area contributed by atoms with E-state index in [4.69, 9.17) is 0 Å². The first-order valence-electron chi connectivity index (χ1n) is 9.42. The molecule has 0 radical (unpaired) electrons. The van der Waals surface area contributed by atoms with E-state index in [-0.39, 0.29) is 11.9 Å². The summed E-state index contributed by atoms with van der Waals surface area (Å²) < 4.78 is 0. The lowest BCUT2D eigenvalue weighted by atomic mass is 10.0. The highest BCUT2D eigenvalue weighted by molar-refractivity contribution is 6.05. The molecule has 7 heteroatoms. The van der Waals surface area contributed by atoms with Crippen molar-refractivity contribution in [2.45, 2.75) is 6.04 Å². The highest BCUT2D eigenvalue weighted by Gasteiger charge is 2.35. The molecule has 0 spiro atoms. The van der Waals surface area contributed by atoms with Gasteiger partial charge in [-0.1, -0.05) is 24.3 Å². The number of rotatable bonds is 5. The van der Waals surface area contributed by atoms with Crippen LogP contribution in [0.4, 0.5) is 5.82 Å². The molecule has 0 aliphatic carbocycles. The van der Waals surface area contributed by atoms with E-state index < -0.39 is 0 Å². The van der Waals surface area contributed by atoms with Crippen LogP contribution in [0.5, 0.6) is 0 Å². The fourth-order valence-corrected chi connectivity index (χ4v) is 3.88. The molecule has 4 rings (SSSR count). The van der Waals surface area contributed by atoms with Crippen LogP contribution in [-0.2, 0) is 0 Å². The van der Waals surface area contributed by atoms with E-state index in [1.54, 1.807) is 18.7 Å². The molecule has 7 nitrogen and oxygen atoms in total. The molecule has 2 atom stereocenters. The fourth-order valence-electron chi connectivity index (χ4n) is 3.88. The van der Waals surface area contributed by atoms with Crippen molar-refractivity contribution in [2.75, 3.05) is 38.6 Å². The zero-order chi connectivity index (χ0) is 19.5. The van der Waals surface area contributed by atoms with Crippen LogP contribution in [0.25, 0.3) is 10.8 Å². The molecule has 3 heterocycles. The highest BCUT2D eigenvalue weighted by atomic mass is 16.2. The first-order chi connectivity index (χ1) is 13.6. The molecule has 1 aliphatic heterocycles. The Kier molecular flexibility index (Phi) is 5.16. The standard InChI is InChI=1S/C21H24N6O/c1-26(2)11-16-12-27(19-8-9-22-14-24-19)13-18(16)25-21(28)20-17-6-4-3-5-15(17)7-10-23-20/h3-10,14,16,18H,11-13H2,1-2H3,(H,25,28)/t16-,18-/m1/s1. The van der Waals surface area contributed by atoms with Crippen molar-refractivity contribution in [3.63, 3.8) is 0 Å². The summed E-state index contributed by atoms with van der Waals surface area (Å²) in [5, 5.41) is 5.12. The molecule has 1 aromatic carbocycles. The Morgan fingerprint density at radius 1 is 1.14 bits per heavy atom. The van der Waals surface area contributed by atoms with Crippen LogP contribution in [-0.4, -0.2) is 65.5 Å². The van der Waals surface area contributed by atoms with E-state index in [0.29, 0.717) is 18.2 Å². The predicted molar refractivity (Wildman–Crippen MR) is 109 cm³/mol. The van der Waals surface area contributed by atoms with Gasteiger partial charge in [-0.2, -0.15) is 0 Å². The largest absolute Gasteiger partial charge is 0.354 e. The second-order valence-corrected chi connectivity index (χ2v) is 7.46. The van der Waals surface area contributed by atoms with Gasteiger partial charge in [0.1, 0.15) is 17.8 Å². The summed E-state index contributed by atoms with van der Waals surface area (Å²) in [4.78, 5) is 30.1. The lowest BCUT2D eigenvalue weighted by molar-refractivity contribution is 0.0925. The summed E-state index contributed by atoms with van der Waals surface area (Å²) in [6.45, 7) is 2.44. The number of pyridine rings is 1. The van der Waals surface area contributed by atoms with E-state index in [9.17, 15) is 4.79 Å². The zero-order valence-corrected chi connectivity index (χ0v) is 16.1. The van der Waals surface area contributed by atoms with Gasteiger partial charge >= 0.3 is 0 Å². The number of hydrogen-bond donors (Lipinski definition) is 1. The molecule has 1 saturated heterocycles. The summed E-state index contributed by atoms with van der Waals surface area (Å²) in [6, 6.07) is 11.7. The van der Waals surface area contributed by atoms with Gasteiger partial charge in [0.25, 0.3) is 5.91 Å². The van der Waals surface area contributed by atoms with E-state index in [2.05, 4.69) is 44.2 Å². The average Bonchev–Trinajstić information content (AvgIpc) is 3.09. The Hall–Kier alpha value is -3.06. The summed E-state index contributed by atoms with van der Waals surface area (Å²) in [5.41, 5.74) is 0.474. The van der Waals surface area contributed by atoms with Crippen molar-refractivity contribution >= 4 is 22.5 Å². The molecular formula is C21H24N6O. The second kappa shape index (κ2) is 7.90. The molecule has 0 bridgehead atoms. The molecule has 3 aromatic rings. The molecular weight excluding hydrogens is 352 g/mol. The maximum absolute atomic E-state index is 13.1. The van der Waals surface area contributed by atoms with Crippen molar-refractivity contribution in [1.29, 1.82) is 0 Å². The number of hydrogen-bond acceptors (Lipinski definition) is 6. The minimum Gasteiger partial charge on any atom is -0.354 e. The van der Waals surface area contributed by atoms with E-state index in [0.717, 1.165) is 29.7 Å². The number of amides is 1. The third-order valence-electron chi connectivity index (χ3n) is 5.14. The number of nitrogens with zero attached hydrogens (tertiary/aromatic N) is 5. The molecule has 1 aliphatic rings. The smallest absolute Gasteiger partial charge is 0.270 e. The number of benzene rings is 1. The van der Waals surface area contributed by atoms with Gasteiger partial charge in [0.15, 0.2) is 0 Å². The van der Waals surface area contributed by atoms with Crippen LogP contribution >= 0.6 is 0 Å². The van der Waals surface area contributed by atoms with Crippen LogP contribution in [0.15, 0.2) is 55.1 Å². The number of carbonyl (C=O) groups is 1. The molecule has 0 unspecified atom stereocenters. The molecule has 0 saturated carbocycles. The van der Waals surface area contributed by atoms with Crippen molar-refractivity contribution in [3.05, 3.63) is 60.8 Å². The van der Waals surface area contributed by atoms with Gasteiger partial charge in [0.05, 0.1) is 6.04 Å². The second-order valence-electron chi connectivity index (χ2n) is 7.46. The van der Waals surface area contributed by atoms with Crippen LogP contribution in [0, 0.1) is 5.92 Å². The summed E-state index contributed by atoms with van der Waals surface area (Å²) >= 11 is 0. The quantitative estimate of drug-likeness (QED) is 0.732. The molecule has 1 N–H and O–H groups in total. The number of carbonyl (C=O) groups excluding carboxylic acids is 1. The van der Waals surface area contributed by atoms with Gasteiger partial charge in [0, 0.05) is 43.3 Å². The van der Waals surface area contributed by atoms with Gasteiger partial charge in [-0.15, -0.1) is 0 Å². The van der Waals surface area contributed by atoms with E-state index >= 15 is 0 Å². The van der Waals surface area contributed by atoms with Crippen LogP contribution in [0.1, 0.15) is 10.5 Å². The van der Waals surface area contributed by atoms with Crippen molar-refractivity contribution in [1.82, 2.24) is 25.2 Å². The normalized spacial score (nSPS) is 19.3. The van der Waals surface area contributed by atoms with Gasteiger partial charge in [-0.3, -0.25) is 9.78 Å². The SMILES string of the molecule is CN(C)C[C@@H]1CN(c2ccncn2)C[C@H]1NC(=O)c1nccc2ccccc12. The monoisotopic (exact) mass is 376 g/mol. The first-order valence-corrected chi connectivity index (χ1v) is 9.42. The fraction of sp³-hybridized carbons (Fsp3) is 0.333. The zero-order valence-electron chi connectivity index (χ0n) is 16.1. The Labute approximate surface area is 164 Å². The van der Waals surface area contributed by atoms with Gasteiger partial charge in [0.2, 0.25) is 0 Å². The van der Waals surface area contributed by atoms with Crippen LogP contribution in [0.2, 0.25) is 0 Å². The summed E-state index contributed by atoms with van der Waals surface area (Å²) in [7, 11) is 4.11. The minimum atomic E-state index is -0.130. The molecule has 1 fully saturated rings. The minimum absolute atomic E-state index is 0.0191. The Bertz CT molecular complexity index is 956. The number of fused-ring (bicyclic) bond motifs is 1. The highest BCUT2D eigenvalue weighted by Crippen LogP contribution is 2.24. The van der Waals surface area contributed by atoms with Crippen molar-refractivity contribution in [3.8, 4) is 0 Å². The van der Waals surface area contributed by atoms with Crippen molar-refractivity contribution < 1.29 is 4.79 Å². The topological polar surface area (TPSA) is 74.2 Å². The van der Waals surface area contributed by atoms with Crippen LogP contribution in [0.3, 0.4) is 0 Å². The van der Waals surface area contributed by atoms with Gasteiger partial charge in [-0.05, 0) is 31.6 Å². The maximum Gasteiger partial charge on any atom is 0.270 e. The lowest BCUT2D eigenvalue weighted by Gasteiger charge is -2.22. The third kappa shape index (κ3) is 3.80. The molecule has 1 amide bonds. The Morgan fingerprint density at radius 3 is 2.79 bits per heavy atom. The summed E-state index contributed by atoms with van der Waals surface area (Å²) in [6.07, 6.45) is 4.99. The third-order valence-corrected chi connectivity index (χ3v) is 5.14. The van der Waals surface area contributed by atoms with Gasteiger partial charge in [-0.25, -0.2) is 9.97 Å². The van der Waals surface area contributed by atoms with E-state index in [1.165, 1.54) is 0 Å². The summed E-state index contributed by atoms with van der Waals surface area (Å²) in [5.74, 6) is 1.05.